The van der Waals surface area contributed by atoms with Gasteiger partial charge in [-0.1, -0.05) is 45.1 Å². The first-order valence-corrected chi connectivity index (χ1v) is 10.8. The molecule has 0 radical (unpaired) electrons. The maximum atomic E-state index is 13.5. The lowest BCUT2D eigenvalue weighted by atomic mass is 9.90. The summed E-state index contributed by atoms with van der Waals surface area (Å²) in [6, 6.07) is 8.99. The fourth-order valence-electron chi connectivity index (χ4n) is 4.16. The van der Waals surface area contributed by atoms with Crippen LogP contribution in [0.25, 0.3) is 16.8 Å². The molecule has 4 rings (SSSR count). The number of nitrogens with one attached hydrogen (secondary N) is 1. The van der Waals surface area contributed by atoms with Gasteiger partial charge < -0.3 is 5.32 Å². The van der Waals surface area contributed by atoms with Crippen LogP contribution in [0.1, 0.15) is 58.3 Å². The van der Waals surface area contributed by atoms with Crippen LogP contribution >= 0.6 is 0 Å². The normalized spacial score (nSPS) is 18.0. The second-order valence-electron chi connectivity index (χ2n) is 9.44. The highest BCUT2D eigenvalue weighted by molar-refractivity contribution is 5.81. The van der Waals surface area contributed by atoms with Crippen LogP contribution in [-0.2, 0) is 5.41 Å². The Morgan fingerprint density at radius 2 is 1.93 bits per heavy atom. The third-order valence-corrected chi connectivity index (χ3v) is 5.97. The maximum Gasteiger partial charge on any atom is 0.165 e. The summed E-state index contributed by atoms with van der Waals surface area (Å²) >= 11 is 0. The Balaban J connectivity index is 1.85. The predicted molar refractivity (Wildman–Crippen MR) is 121 cm³/mol. The molecule has 2 heterocycles. The monoisotopic (exact) mass is 406 g/mol. The molecule has 2 unspecified atom stereocenters. The van der Waals surface area contributed by atoms with E-state index >= 15 is 0 Å². The zero-order chi connectivity index (χ0) is 21.5. The van der Waals surface area contributed by atoms with Crippen LogP contribution in [-0.4, -0.2) is 20.6 Å². The number of hydrogen-bond donors (Lipinski definition) is 1. The van der Waals surface area contributed by atoms with Gasteiger partial charge in [-0.15, -0.1) is 0 Å². The van der Waals surface area contributed by atoms with Gasteiger partial charge in [0.05, 0.1) is 11.4 Å². The van der Waals surface area contributed by atoms with Gasteiger partial charge in [-0.2, -0.15) is 9.61 Å². The van der Waals surface area contributed by atoms with E-state index in [9.17, 15) is 4.39 Å². The number of benzene rings is 1. The second kappa shape index (κ2) is 7.86. The summed E-state index contributed by atoms with van der Waals surface area (Å²) in [5.74, 6) is 1.22. The van der Waals surface area contributed by atoms with E-state index in [2.05, 4.69) is 51.2 Å². The standard InChI is InChI=1S/C25H31FN4/c1-16(18-9-7-6-8-10-18)27-22-15-21(25(3,4)5)28-24-23(17(2)29-30(22)24)19-11-13-20(26)14-12-19/h7,9,11-16,18,27H,6,8,10H2,1-5H3. The molecule has 30 heavy (non-hydrogen) atoms. The van der Waals surface area contributed by atoms with Crippen molar-refractivity contribution in [1.29, 1.82) is 0 Å². The highest BCUT2D eigenvalue weighted by atomic mass is 19.1. The molecule has 0 fully saturated rings. The number of hydrogen-bond acceptors (Lipinski definition) is 3. The lowest BCUT2D eigenvalue weighted by molar-refractivity contribution is 0.485. The van der Waals surface area contributed by atoms with Crippen LogP contribution in [0.4, 0.5) is 10.2 Å². The molecule has 2 aromatic heterocycles. The molecular formula is C25H31FN4. The Bertz CT molecular complexity index is 1070. The first kappa shape index (κ1) is 20.6. The number of aryl methyl sites for hydroxylation is 1. The molecule has 1 N–H and O–H groups in total. The van der Waals surface area contributed by atoms with E-state index < -0.39 is 0 Å². The van der Waals surface area contributed by atoms with E-state index in [0.29, 0.717) is 12.0 Å². The molecule has 1 aliphatic rings. The minimum absolute atomic E-state index is 0.107. The lowest BCUT2D eigenvalue weighted by Gasteiger charge is -2.26. The summed E-state index contributed by atoms with van der Waals surface area (Å²) in [5, 5.41) is 8.53. The van der Waals surface area contributed by atoms with Crippen LogP contribution in [0.2, 0.25) is 0 Å². The van der Waals surface area contributed by atoms with Gasteiger partial charge >= 0.3 is 0 Å². The number of halogens is 1. The Hall–Kier alpha value is -2.69. The Morgan fingerprint density at radius 1 is 1.20 bits per heavy atom. The molecule has 0 saturated heterocycles. The average molecular weight is 407 g/mol. The van der Waals surface area contributed by atoms with Gasteiger partial charge in [-0.25, -0.2) is 9.37 Å². The Kier molecular flexibility index (Phi) is 5.39. The number of rotatable bonds is 4. The van der Waals surface area contributed by atoms with Gasteiger partial charge in [0.25, 0.3) is 0 Å². The minimum Gasteiger partial charge on any atom is -0.367 e. The van der Waals surface area contributed by atoms with Crippen LogP contribution in [0.5, 0.6) is 0 Å². The highest BCUT2D eigenvalue weighted by Crippen LogP contribution is 2.33. The zero-order valence-electron chi connectivity index (χ0n) is 18.5. The van der Waals surface area contributed by atoms with E-state index in [4.69, 9.17) is 10.1 Å². The molecule has 158 valence electrons. The summed E-state index contributed by atoms with van der Waals surface area (Å²) in [7, 11) is 0. The van der Waals surface area contributed by atoms with Gasteiger partial charge in [0.1, 0.15) is 11.6 Å². The van der Waals surface area contributed by atoms with Gasteiger partial charge in [-0.05, 0) is 56.7 Å². The first-order chi connectivity index (χ1) is 14.2. The number of anilines is 1. The van der Waals surface area contributed by atoms with E-state index in [0.717, 1.165) is 34.0 Å². The van der Waals surface area contributed by atoms with Crippen molar-refractivity contribution in [2.45, 2.75) is 65.3 Å². The van der Waals surface area contributed by atoms with Crippen molar-refractivity contribution in [2.75, 3.05) is 5.32 Å². The first-order valence-electron chi connectivity index (χ1n) is 10.8. The van der Waals surface area contributed by atoms with E-state index in [1.165, 1.54) is 31.4 Å². The third-order valence-electron chi connectivity index (χ3n) is 5.97. The molecule has 4 nitrogen and oxygen atoms in total. The quantitative estimate of drug-likeness (QED) is 0.517. The highest BCUT2D eigenvalue weighted by Gasteiger charge is 2.24. The summed E-state index contributed by atoms with van der Waals surface area (Å²) in [5.41, 5.74) is 4.47. The Morgan fingerprint density at radius 3 is 2.57 bits per heavy atom. The molecular weight excluding hydrogens is 375 g/mol. The molecule has 0 aliphatic heterocycles. The lowest BCUT2D eigenvalue weighted by Crippen LogP contribution is -2.27. The van der Waals surface area contributed by atoms with Crippen molar-refractivity contribution < 1.29 is 4.39 Å². The molecule has 0 saturated carbocycles. The number of fused-ring (bicyclic) bond motifs is 1. The molecule has 1 aromatic carbocycles. The van der Waals surface area contributed by atoms with Gasteiger partial charge in [0, 0.05) is 23.1 Å². The van der Waals surface area contributed by atoms with Crippen molar-refractivity contribution in [2.24, 2.45) is 5.92 Å². The van der Waals surface area contributed by atoms with E-state index in [-0.39, 0.29) is 11.2 Å². The van der Waals surface area contributed by atoms with Crippen LogP contribution in [0.3, 0.4) is 0 Å². The number of aromatic nitrogens is 3. The molecule has 1 aliphatic carbocycles. The average Bonchev–Trinajstić information content (AvgIpc) is 3.05. The SMILES string of the molecule is Cc1nn2c(NC(C)C3C=CCCC3)cc(C(C)(C)C)nc2c1-c1ccc(F)cc1. The molecule has 2 atom stereocenters. The van der Waals surface area contributed by atoms with Crippen molar-refractivity contribution in [3.05, 3.63) is 59.7 Å². The molecule has 0 amide bonds. The number of nitrogens with zero attached hydrogens (tertiary/aromatic N) is 3. The fraction of sp³-hybridized carbons (Fsp3) is 0.440. The summed E-state index contributed by atoms with van der Waals surface area (Å²) in [6.45, 7) is 10.7. The van der Waals surface area contributed by atoms with E-state index in [1.807, 2.05) is 11.4 Å². The van der Waals surface area contributed by atoms with Crippen molar-refractivity contribution in [3.63, 3.8) is 0 Å². The van der Waals surface area contributed by atoms with E-state index in [1.54, 1.807) is 12.1 Å². The van der Waals surface area contributed by atoms with Gasteiger partial charge in [0.15, 0.2) is 5.65 Å². The molecule has 3 aromatic rings. The Labute approximate surface area is 178 Å². The maximum absolute atomic E-state index is 13.5. The van der Waals surface area contributed by atoms with Gasteiger partial charge in [0.2, 0.25) is 0 Å². The molecule has 0 spiro atoms. The summed E-state index contributed by atoms with van der Waals surface area (Å²) in [6.07, 6.45) is 8.24. The van der Waals surface area contributed by atoms with Gasteiger partial charge in [-0.3, -0.25) is 0 Å². The van der Waals surface area contributed by atoms with Crippen LogP contribution in [0.15, 0.2) is 42.5 Å². The van der Waals surface area contributed by atoms with Crippen LogP contribution in [0, 0.1) is 18.7 Å². The molecule has 5 heteroatoms. The minimum atomic E-state index is -0.243. The summed E-state index contributed by atoms with van der Waals surface area (Å²) < 4.78 is 15.4. The number of allylic oxidation sites excluding steroid dienone is 1. The smallest absolute Gasteiger partial charge is 0.165 e. The largest absolute Gasteiger partial charge is 0.367 e. The molecule has 0 bridgehead atoms. The summed E-state index contributed by atoms with van der Waals surface area (Å²) in [4.78, 5) is 5.00. The van der Waals surface area contributed by atoms with Crippen molar-refractivity contribution >= 4 is 11.5 Å². The van der Waals surface area contributed by atoms with Crippen molar-refractivity contribution in [1.82, 2.24) is 14.6 Å². The fourth-order valence-corrected chi connectivity index (χ4v) is 4.16. The predicted octanol–water partition coefficient (Wildman–Crippen LogP) is 6.30. The van der Waals surface area contributed by atoms with Crippen LogP contribution < -0.4 is 5.32 Å². The third kappa shape index (κ3) is 3.98. The zero-order valence-corrected chi connectivity index (χ0v) is 18.5. The second-order valence-corrected chi connectivity index (χ2v) is 9.44. The topological polar surface area (TPSA) is 42.2 Å². The van der Waals surface area contributed by atoms with Crippen molar-refractivity contribution in [3.8, 4) is 11.1 Å².